The number of aryl methyl sites for hydroxylation is 3. The van der Waals surface area contributed by atoms with Crippen LogP contribution in [0.25, 0.3) is 0 Å². The summed E-state index contributed by atoms with van der Waals surface area (Å²) in [6.07, 6.45) is 2.39. The van der Waals surface area contributed by atoms with Crippen molar-refractivity contribution < 1.29 is 19.1 Å². The van der Waals surface area contributed by atoms with Gasteiger partial charge in [0.15, 0.2) is 12.7 Å². The molecule has 0 unspecified atom stereocenters. The number of fused-ring (bicyclic) bond motifs is 1. The monoisotopic (exact) mass is 338 g/mol. The van der Waals surface area contributed by atoms with Gasteiger partial charge in [0.05, 0.1) is 0 Å². The molecule has 1 aliphatic carbocycles. The van der Waals surface area contributed by atoms with Crippen molar-refractivity contribution in [3.8, 4) is 5.75 Å². The van der Waals surface area contributed by atoms with E-state index in [-0.39, 0.29) is 12.4 Å². The van der Waals surface area contributed by atoms with Crippen LogP contribution in [0.2, 0.25) is 0 Å². The fraction of sp³-hybridized carbons (Fsp3) is 0.333. The lowest BCUT2D eigenvalue weighted by Gasteiger charge is -2.14. The Morgan fingerprint density at radius 2 is 1.84 bits per heavy atom. The van der Waals surface area contributed by atoms with Crippen LogP contribution in [0.4, 0.5) is 0 Å². The summed E-state index contributed by atoms with van der Waals surface area (Å²) in [5, 5.41) is 0. The third kappa shape index (κ3) is 4.08. The summed E-state index contributed by atoms with van der Waals surface area (Å²) in [6.45, 7) is 3.29. The molecular formula is C21H22O4. The molecule has 1 atom stereocenters. The molecule has 0 saturated heterocycles. The fourth-order valence-electron chi connectivity index (χ4n) is 3.10. The highest BCUT2D eigenvalue weighted by Gasteiger charge is 2.21. The van der Waals surface area contributed by atoms with E-state index in [4.69, 9.17) is 9.47 Å². The molecule has 0 aliphatic heterocycles. The van der Waals surface area contributed by atoms with Crippen LogP contribution in [0.3, 0.4) is 0 Å². The highest BCUT2D eigenvalue weighted by Crippen LogP contribution is 2.23. The maximum Gasteiger partial charge on any atom is 0.344 e. The van der Waals surface area contributed by atoms with Crippen LogP contribution >= 0.6 is 0 Å². The summed E-state index contributed by atoms with van der Waals surface area (Å²) in [4.78, 5) is 24.5. The van der Waals surface area contributed by atoms with Gasteiger partial charge in [-0.25, -0.2) is 4.79 Å². The highest BCUT2D eigenvalue weighted by molar-refractivity contribution is 6.00. The zero-order valence-corrected chi connectivity index (χ0v) is 14.6. The summed E-state index contributed by atoms with van der Waals surface area (Å²) in [5.74, 6) is -0.0961. The number of Topliss-reactive ketones (excluding diaryl/α,β-unsaturated/α-hetero) is 1. The molecule has 2 aromatic carbocycles. The maximum atomic E-state index is 12.5. The van der Waals surface area contributed by atoms with Crippen molar-refractivity contribution in [2.24, 2.45) is 0 Å². The van der Waals surface area contributed by atoms with Gasteiger partial charge in [0.25, 0.3) is 0 Å². The highest BCUT2D eigenvalue weighted by atomic mass is 16.6. The third-order valence-corrected chi connectivity index (χ3v) is 4.50. The van der Waals surface area contributed by atoms with Crippen molar-refractivity contribution in [3.05, 3.63) is 64.7 Å². The smallest absolute Gasteiger partial charge is 0.344 e. The van der Waals surface area contributed by atoms with Gasteiger partial charge in [0.1, 0.15) is 5.75 Å². The zero-order valence-electron chi connectivity index (χ0n) is 14.6. The van der Waals surface area contributed by atoms with Gasteiger partial charge in [-0.15, -0.1) is 0 Å². The predicted octanol–water partition coefficient (Wildman–Crippen LogP) is 3.68. The summed E-state index contributed by atoms with van der Waals surface area (Å²) < 4.78 is 10.7. The summed E-state index contributed by atoms with van der Waals surface area (Å²) in [5.41, 5.74) is 4.08. The Balaban J connectivity index is 1.56. The van der Waals surface area contributed by atoms with Crippen LogP contribution in [0.1, 0.15) is 40.4 Å². The first-order valence-corrected chi connectivity index (χ1v) is 8.58. The summed E-state index contributed by atoms with van der Waals surface area (Å²) in [7, 11) is 0. The minimum absolute atomic E-state index is 0.182. The lowest BCUT2D eigenvalue weighted by molar-refractivity contribution is -0.148. The molecule has 0 N–H and O–H groups in total. The minimum atomic E-state index is -0.826. The normalized spacial score (nSPS) is 13.8. The first-order valence-electron chi connectivity index (χ1n) is 8.58. The van der Waals surface area contributed by atoms with Crippen molar-refractivity contribution in [2.75, 3.05) is 6.61 Å². The van der Waals surface area contributed by atoms with Crippen molar-refractivity contribution in [1.29, 1.82) is 0 Å². The van der Waals surface area contributed by atoms with Gasteiger partial charge in [0.2, 0.25) is 5.78 Å². The number of rotatable bonds is 6. The van der Waals surface area contributed by atoms with Crippen molar-refractivity contribution >= 4 is 11.8 Å². The minimum Gasteiger partial charge on any atom is -0.482 e. The maximum absolute atomic E-state index is 12.5. The first-order chi connectivity index (χ1) is 12.0. The summed E-state index contributed by atoms with van der Waals surface area (Å²) in [6, 6.07) is 13.2. The largest absolute Gasteiger partial charge is 0.482 e. The number of ketones is 1. The number of hydrogen-bond donors (Lipinski definition) is 0. The Morgan fingerprint density at radius 1 is 1.08 bits per heavy atom. The van der Waals surface area contributed by atoms with Gasteiger partial charge in [-0.05, 0) is 61.9 Å². The van der Waals surface area contributed by atoms with Crippen LogP contribution < -0.4 is 4.74 Å². The van der Waals surface area contributed by atoms with E-state index in [0.29, 0.717) is 11.3 Å². The molecule has 1 aliphatic rings. The Morgan fingerprint density at radius 3 is 2.64 bits per heavy atom. The number of hydrogen-bond acceptors (Lipinski definition) is 4. The van der Waals surface area contributed by atoms with Gasteiger partial charge in [0, 0.05) is 5.56 Å². The predicted molar refractivity (Wildman–Crippen MR) is 95.0 cm³/mol. The summed E-state index contributed by atoms with van der Waals surface area (Å²) >= 11 is 0. The Labute approximate surface area is 147 Å². The Kier molecular flexibility index (Phi) is 5.17. The molecule has 0 bridgehead atoms. The van der Waals surface area contributed by atoms with Crippen molar-refractivity contribution in [3.63, 3.8) is 0 Å². The Hall–Kier alpha value is -2.62. The number of benzene rings is 2. The molecule has 25 heavy (non-hydrogen) atoms. The van der Waals surface area contributed by atoms with Crippen LogP contribution in [0, 0.1) is 6.92 Å². The number of ether oxygens (including phenoxy) is 2. The molecule has 0 amide bonds. The van der Waals surface area contributed by atoms with E-state index < -0.39 is 12.1 Å². The average Bonchev–Trinajstić information content (AvgIpc) is 3.08. The molecule has 0 radical (unpaired) electrons. The van der Waals surface area contributed by atoms with Crippen LogP contribution in [-0.4, -0.2) is 24.5 Å². The zero-order chi connectivity index (χ0) is 17.8. The molecule has 0 aromatic heterocycles. The van der Waals surface area contributed by atoms with Crippen LogP contribution in [-0.2, 0) is 22.4 Å². The molecular weight excluding hydrogens is 316 g/mol. The van der Waals surface area contributed by atoms with Gasteiger partial charge in [-0.1, -0.05) is 30.3 Å². The molecule has 2 aromatic rings. The van der Waals surface area contributed by atoms with E-state index in [9.17, 15) is 9.59 Å². The molecule has 4 heteroatoms. The number of para-hydroxylation sites is 1. The topological polar surface area (TPSA) is 52.6 Å². The van der Waals surface area contributed by atoms with Gasteiger partial charge >= 0.3 is 5.97 Å². The van der Waals surface area contributed by atoms with E-state index in [1.165, 1.54) is 11.1 Å². The van der Waals surface area contributed by atoms with E-state index in [0.717, 1.165) is 24.8 Å². The standard InChI is InChI=1S/C21H22O4/c1-14-6-3-4-9-19(14)24-13-20(22)25-15(2)21(23)18-11-10-16-7-5-8-17(16)12-18/h3-4,6,9-12,15H,5,7-8,13H2,1-2H3/t15-/m1/s1. The molecule has 4 nitrogen and oxygen atoms in total. The van der Waals surface area contributed by atoms with Crippen molar-refractivity contribution in [1.82, 2.24) is 0 Å². The van der Waals surface area contributed by atoms with E-state index in [1.54, 1.807) is 13.0 Å². The second kappa shape index (κ2) is 7.51. The Bertz CT molecular complexity index is 794. The number of carbonyl (C=O) groups excluding carboxylic acids is 2. The lowest BCUT2D eigenvalue weighted by Crippen LogP contribution is -2.27. The van der Waals surface area contributed by atoms with Gasteiger partial charge in [-0.3, -0.25) is 4.79 Å². The first kappa shape index (κ1) is 17.2. The van der Waals surface area contributed by atoms with Gasteiger partial charge in [-0.2, -0.15) is 0 Å². The quantitative estimate of drug-likeness (QED) is 0.595. The third-order valence-electron chi connectivity index (χ3n) is 4.50. The molecule has 3 rings (SSSR count). The van der Waals surface area contributed by atoms with E-state index in [2.05, 4.69) is 0 Å². The lowest BCUT2D eigenvalue weighted by atomic mass is 10.0. The van der Waals surface area contributed by atoms with Gasteiger partial charge < -0.3 is 9.47 Å². The molecule has 0 spiro atoms. The average molecular weight is 338 g/mol. The second-order valence-electron chi connectivity index (χ2n) is 6.39. The van der Waals surface area contributed by atoms with Crippen molar-refractivity contribution in [2.45, 2.75) is 39.2 Å². The second-order valence-corrected chi connectivity index (χ2v) is 6.39. The fourth-order valence-corrected chi connectivity index (χ4v) is 3.10. The van der Waals surface area contributed by atoms with E-state index >= 15 is 0 Å². The number of carbonyl (C=O) groups is 2. The molecule has 0 saturated carbocycles. The molecule has 0 heterocycles. The SMILES string of the molecule is Cc1ccccc1OCC(=O)O[C@H](C)C(=O)c1ccc2c(c1)CCC2. The van der Waals surface area contributed by atoms with Crippen LogP contribution in [0.15, 0.2) is 42.5 Å². The van der Waals surface area contributed by atoms with E-state index in [1.807, 2.05) is 43.3 Å². The number of esters is 1. The molecule has 0 fully saturated rings. The van der Waals surface area contributed by atoms with Crippen LogP contribution in [0.5, 0.6) is 5.75 Å². The molecule has 130 valence electrons.